The fourth-order valence-electron chi connectivity index (χ4n) is 3.78. The molecule has 1 heterocycles. The summed E-state index contributed by atoms with van der Waals surface area (Å²) < 4.78 is 2.29. The van der Waals surface area contributed by atoms with Gasteiger partial charge in [0.25, 0.3) is 0 Å². The molecule has 0 saturated heterocycles. The quantitative estimate of drug-likeness (QED) is 0.874. The Hall–Kier alpha value is -0.900. The molecular formula is C14H24N4. The minimum absolute atomic E-state index is 0.0271. The van der Waals surface area contributed by atoms with E-state index in [4.69, 9.17) is 5.73 Å². The van der Waals surface area contributed by atoms with E-state index < -0.39 is 0 Å². The zero-order chi connectivity index (χ0) is 12.9. The van der Waals surface area contributed by atoms with E-state index in [-0.39, 0.29) is 5.54 Å². The third-order valence-electron chi connectivity index (χ3n) is 4.56. The Morgan fingerprint density at radius 2 is 1.78 bits per heavy atom. The lowest BCUT2D eigenvalue weighted by molar-refractivity contribution is 0.367. The second-order valence-electron chi connectivity index (χ2n) is 6.82. The van der Waals surface area contributed by atoms with Gasteiger partial charge in [0.2, 0.25) is 0 Å². The summed E-state index contributed by atoms with van der Waals surface area (Å²) in [6.45, 7) is 7.12. The van der Waals surface area contributed by atoms with Crippen LogP contribution in [0.3, 0.4) is 0 Å². The molecule has 2 unspecified atom stereocenters. The van der Waals surface area contributed by atoms with Gasteiger partial charge in [-0.05, 0) is 45.4 Å². The molecule has 1 aromatic rings. The number of hydrogen-bond acceptors (Lipinski definition) is 3. The fourth-order valence-corrected chi connectivity index (χ4v) is 3.78. The third-order valence-corrected chi connectivity index (χ3v) is 4.56. The molecule has 0 aromatic carbocycles. The maximum atomic E-state index is 5.80. The minimum Gasteiger partial charge on any atom is -0.324 e. The smallest absolute Gasteiger partial charge is 0.147 e. The Morgan fingerprint density at radius 1 is 1.17 bits per heavy atom. The van der Waals surface area contributed by atoms with Crippen LogP contribution in [0.15, 0.2) is 0 Å². The first kappa shape index (κ1) is 12.2. The van der Waals surface area contributed by atoms with Crippen molar-refractivity contribution in [3.63, 3.8) is 0 Å². The van der Waals surface area contributed by atoms with Gasteiger partial charge in [0.15, 0.2) is 0 Å². The molecule has 3 rings (SSSR count). The first-order chi connectivity index (χ1) is 8.54. The molecule has 2 fully saturated rings. The van der Waals surface area contributed by atoms with Gasteiger partial charge in [-0.3, -0.25) is 0 Å². The largest absolute Gasteiger partial charge is 0.324 e. The van der Waals surface area contributed by atoms with Crippen LogP contribution in [0.4, 0.5) is 0 Å². The van der Waals surface area contributed by atoms with Crippen LogP contribution in [-0.2, 0) is 12.1 Å². The normalized spacial score (nSPS) is 31.2. The van der Waals surface area contributed by atoms with Gasteiger partial charge in [-0.15, -0.1) is 10.2 Å². The number of fused-ring (bicyclic) bond motifs is 1. The van der Waals surface area contributed by atoms with Crippen molar-refractivity contribution in [3.05, 3.63) is 11.6 Å². The van der Waals surface area contributed by atoms with Gasteiger partial charge in [0.1, 0.15) is 11.6 Å². The molecular weight excluding hydrogens is 224 g/mol. The van der Waals surface area contributed by atoms with Gasteiger partial charge in [0.05, 0.1) is 6.54 Å². The van der Waals surface area contributed by atoms with Crippen molar-refractivity contribution in [2.24, 2.45) is 17.6 Å². The topological polar surface area (TPSA) is 56.7 Å². The highest BCUT2D eigenvalue weighted by Crippen LogP contribution is 2.61. The molecule has 0 amide bonds. The van der Waals surface area contributed by atoms with E-state index in [0.29, 0.717) is 12.5 Å². The van der Waals surface area contributed by atoms with Gasteiger partial charge >= 0.3 is 0 Å². The molecule has 100 valence electrons. The zero-order valence-electron chi connectivity index (χ0n) is 11.7. The highest BCUT2D eigenvalue weighted by molar-refractivity contribution is 5.19. The van der Waals surface area contributed by atoms with Gasteiger partial charge < -0.3 is 10.3 Å². The number of aromatic nitrogens is 3. The molecule has 2 aliphatic rings. The summed E-state index contributed by atoms with van der Waals surface area (Å²) in [5.74, 6) is 4.52. The molecule has 2 N–H and O–H groups in total. The second kappa shape index (κ2) is 4.05. The van der Waals surface area contributed by atoms with Crippen molar-refractivity contribution in [3.8, 4) is 0 Å². The van der Waals surface area contributed by atoms with Gasteiger partial charge in [0, 0.05) is 11.5 Å². The number of nitrogens with zero attached hydrogens (tertiary/aromatic N) is 3. The highest BCUT2D eigenvalue weighted by Gasteiger charge is 2.54. The lowest BCUT2D eigenvalue weighted by Gasteiger charge is -2.25. The van der Waals surface area contributed by atoms with E-state index >= 15 is 0 Å². The van der Waals surface area contributed by atoms with Crippen molar-refractivity contribution < 1.29 is 0 Å². The molecule has 4 heteroatoms. The van der Waals surface area contributed by atoms with Gasteiger partial charge in [-0.25, -0.2) is 0 Å². The van der Waals surface area contributed by atoms with E-state index in [1.54, 1.807) is 0 Å². The van der Waals surface area contributed by atoms with Crippen LogP contribution in [0.5, 0.6) is 0 Å². The summed E-state index contributed by atoms with van der Waals surface area (Å²) in [6.07, 6.45) is 5.55. The first-order valence-electron chi connectivity index (χ1n) is 7.19. The zero-order valence-corrected chi connectivity index (χ0v) is 11.7. The Morgan fingerprint density at radius 3 is 2.28 bits per heavy atom. The predicted molar refractivity (Wildman–Crippen MR) is 71.1 cm³/mol. The average molecular weight is 248 g/mol. The molecule has 0 spiro atoms. The van der Waals surface area contributed by atoms with Crippen molar-refractivity contribution in [1.82, 2.24) is 14.8 Å². The van der Waals surface area contributed by atoms with E-state index in [9.17, 15) is 0 Å². The van der Waals surface area contributed by atoms with Crippen molar-refractivity contribution in [2.45, 2.75) is 64.5 Å². The molecule has 0 radical (unpaired) electrons. The lowest BCUT2D eigenvalue weighted by Crippen LogP contribution is -2.27. The Kier molecular flexibility index (Phi) is 2.73. The monoisotopic (exact) mass is 248 g/mol. The van der Waals surface area contributed by atoms with E-state index in [1.165, 1.54) is 31.5 Å². The fraction of sp³-hybridized carbons (Fsp3) is 0.857. The number of nitrogens with two attached hydrogens (primary N) is 1. The molecule has 2 atom stereocenters. The first-order valence-corrected chi connectivity index (χ1v) is 7.19. The summed E-state index contributed by atoms with van der Waals surface area (Å²) in [5, 5.41) is 8.78. The van der Waals surface area contributed by atoms with Gasteiger partial charge in [-0.1, -0.05) is 12.8 Å². The van der Waals surface area contributed by atoms with E-state index in [0.717, 1.165) is 17.7 Å². The highest BCUT2D eigenvalue weighted by atomic mass is 15.3. The summed E-state index contributed by atoms with van der Waals surface area (Å²) >= 11 is 0. The number of hydrogen-bond donors (Lipinski definition) is 1. The Balaban J connectivity index is 1.96. The minimum atomic E-state index is 0.0271. The van der Waals surface area contributed by atoms with Crippen molar-refractivity contribution in [1.29, 1.82) is 0 Å². The summed E-state index contributed by atoms with van der Waals surface area (Å²) in [4.78, 5) is 0. The maximum Gasteiger partial charge on any atom is 0.147 e. The lowest BCUT2D eigenvalue weighted by atomic mass is 10.0. The average Bonchev–Trinajstić information content (AvgIpc) is 2.88. The third kappa shape index (κ3) is 1.78. The van der Waals surface area contributed by atoms with Crippen molar-refractivity contribution in [2.75, 3.05) is 0 Å². The summed E-state index contributed by atoms with van der Waals surface area (Å²) in [7, 11) is 0. The van der Waals surface area contributed by atoms with Crippen LogP contribution in [-0.4, -0.2) is 14.8 Å². The van der Waals surface area contributed by atoms with Gasteiger partial charge in [-0.2, -0.15) is 0 Å². The molecule has 1 aromatic heterocycles. The van der Waals surface area contributed by atoms with E-state index in [2.05, 4.69) is 35.5 Å². The molecule has 2 aliphatic carbocycles. The summed E-state index contributed by atoms with van der Waals surface area (Å²) in [6, 6.07) is 0. The summed E-state index contributed by atoms with van der Waals surface area (Å²) in [5.41, 5.74) is 5.83. The second-order valence-corrected chi connectivity index (χ2v) is 6.82. The Bertz CT molecular complexity index is 431. The van der Waals surface area contributed by atoms with Crippen LogP contribution in [0, 0.1) is 11.8 Å². The molecule has 18 heavy (non-hydrogen) atoms. The standard InChI is InChI=1S/C14H24N4/c1-14(2,3)18-11(8-15)16-17-13(18)12-9-6-4-5-7-10(9)12/h9-10,12H,4-8,15H2,1-3H3. The molecule has 2 saturated carbocycles. The molecule has 0 bridgehead atoms. The van der Waals surface area contributed by atoms with Crippen LogP contribution in [0.2, 0.25) is 0 Å². The van der Waals surface area contributed by atoms with E-state index in [1.807, 2.05) is 0 Å². The molecule has 4 nitrogen and oxygen atoms in total. The van der Waals surface area contributed by atoms with Crippen LogP contribution in [0.1, 0.15) is 64.0 Å². The Labute approximate surface area is 109 Å². The SMILES string of the molecule is CC(C)(C)n1c(CN)nnc1C1C2CCCCC21. The van der Waals surface area contributed by atoms with Crippen molar-refractivity contribution >= 4 is 0 Å². The number of rotatable bonds is 2. The molecule has 0 aliphatic heterocycles. The van der Waals surface area contributed by atoms with Crippen LogP contribution >= 0.6 is 0 Å². The van der Waals surface area contributed by atoms with Crippen LogP contribution < -0.4 is 5.73 Å². The van der Waals surface area contributed by atoms with Crippen LogP contribution in [0.25, 0.3) is 0 Å². The predicted octanol–water partition coefficient (Wildman–Crippen LogP) is 2.40. The maximum absolute atomic E-state index is 5.80.